The van der Waals surface area contributed by atoms with Gasteiger partial charge in [0.25, 0.3) is 0 Å². The summed E-state index contributed by atoms with van der Waals surface area (Å²) < 4.78 is 5.96. The Kier molecular flexibility index (Phi) is 3.28. The van der Waals surface area contributed by atoms with Gasteiger partial charge < -0.3 is 10.5 Å². The van der Waals surface area contributed by atoms with Gasteiger partial charge in [0.15, 0.2) is 5.75 Å². The fourth-order valence-electron chi connectivity index (χ4n) is 1.97. The van der Waals surface area contributed by atoms with Crippen molar-refractivity contribution in [1.82, 2.24) is 0 Å². The number of hydrogen-bond donors (Lipinski definition) is 1. The second-order valence-electron chi connectivity index (χ2n) is 4.79. The molecule has 0 amide bonds. The first-order chi connectivity index (χ1) is 8.49. The highest BCUT2D eigenvalue weighted by atomic mass is 16.5. The zero-order chi connectivity index (χ0) is 13.3. The third kappa shape index (κ3) is 2.33. The molecule has 0 saturated heterocycles. The number of benzene rings is 2. The maximum atomic E-state index is 6.03. The van der Waals surface area contributed by atoms with E-state index in [2.05, 4.69) is 26.8 Å². The quantitative estimate of drug-likeness (QED) is 0.796. The number of nitrogens with two attached hydrogens (primary N) is 1. The number of para-hydroxylation sites is 1. The van der Waals surface area contributed by atoms with Crippen molar-refractivity contribution >= 4 is 5.69 Å². The molecule has 2 aromatic rings. The van der Waals surface area contributed by atoms with Gasteiger partial charge in [-0.3, -0.25) is 0 Å². The van der Waals surface area contributed by atoms with Crippen LogP contribution in [0.25, 0.3) is 0 Å². The van der Waals surface area contributed by atoms with E-state index in [0.29, 0.717) is 5.69 Å². The van der Waals surface area contributed by atoms with Crippen molar-refractivity contribution in [2.24, 2.45) is 0 Å². The Balaban J connectivity index is 2.43. The minimum Gasteiger partial charge on any atom is -0.455 e. The third-order valence-electron chi connectivity index (χ3n) is 3.27. The van der Waals surface area contributed by atoms with Crippen LogP contribution in [0.2, 0.25) is 0 Å². The minimum atomic E-state index is 0.705. The molecule has 94 valence electrons. The maximum absolute atomic E-state index is 6.03. The first kappa shape index (κ1) is 12.5. The lowest BCUT2D eigenvalue weighted by Gasteiger charge is -2.14. The Morgan fingerprint density at radius 1 is 0.889 bits per heavy atom. The molecule has 0 heterocycles. The van der Waals surface area contributed by atoms with E-state index in [4.69, 9.17) is 10.5 Å². The van der Waals surface area contributed by atoms with Crippen LogP contribution in [0.4, 0.5) is 5.69 Å². The predicted molar refractivity (Wildman–Crippen MR) is 76.3 cm³/mol. The molecule has 0 atom stereocenters. The van der Waals surface area contributed by atoms with E-state index < -0.39 is 0 Å². The zero-order valence-corrected chi connectivity index (χ0v) is 11.4. The minimum absolute atomic E-state index is 0.705. The number of anilines is 1. The van der Waals surface area contributed by atoms with Gasteiger partial charge in [-0.05, 0) is 62.1 Å². The van der Waals surface area contributed by atoms with Crippen molar-refractivity contribution in [3.63, 3.8) is 0 Å². The Hall–Kier alpha value is -1.96. The van der Waals surface area contributed by atoms with Crippen LogP contribution in [0.3, 0.4) is 0 Å². The van der Waals surface area contributed by atoms with Gasteiger partial charge in [-0.15, -0.1) is 0 Å². The van der Waals surface area contributed by atoms with Gasteiger partial charge in [-0.1, -0.05) is 18.2 Å². The molecule has 0 spiro atoms. The van der Waals surface area contributed by atoms with Crippen LogP contribution in [0.15, 0.2) is 30.3 Å². The van der Waals surface area contributed by atoms with Crippen LogP contribution in [-0.4, -0.2) is 0 Å². The molecule has 0 bridgehead atoms. The Labute approximate surface area is 108 Å². The SMILES string of the molecule is Cc1cc(C)c(C)c(Oc2cccc(C)c2N)c1. The number of rotatable bonds is 2. The van der Waals surface area contributed by atoms with E-state index in [-0.39, 0.29) is 0 Å². The number of aryl methyl sites for hydroxylation is 3. The average molecular weight is 241 g/mol. The van der Waals surface area contributed by atoms with Crippen LogP contribution in [0.1, 0.15) is 22.3 Å². The van der Waals surface area contributed by atoms with Crippen LogP contribution >= 0.6 is 0 Å². The molecule has 0 saturated carbocycles. The summed E-state index contributed by atoms with van der Waals surface area (Å²) in [6.07, 6.45) is 0. The van der Waals surface area contributed by atoms with Crippen molar-refractivity contribution in [3.05, 3.63) is 52.6 Å². The van der Waals surface area contributed by atoms with Crippen molar-refractivity contribution in [1.29, 1.82) is 0 Å². The highest BCUT2D eigenvalue weighted by Crippen LogP contribution is 2.33. The number of hydrogen-bond acceptors (Lipinski definition) is 2. The summed E-state index contributed by atoms with van der Waals surface area (Å²) in [4.78, 5) is 0. The van der Waals surface area contributed by atoms with Gasteiger partial charge in [-0.25, -0.2) is 0 Å². The Bertz CT molecular complexity index is 588. The Morgan fingerprint density at radius 2 is 1.61 bits per heavy atom. The fourth-order valence-corrected chi connectivity index (χ4v) is 1.97. The lowest BCUT2D eigenvalue weighted by atomic mass is 10.1. The predicted octanol–water partition coefficient (Wildman–Crippen LogP) is 4.29. The lowest BCUT2D eigenvalue weighted by molar-refractivity contribution is 0.480. The van der Waals surface area contributed by atoms with E-state index in [0.717, 1.165) is 22.6 Å². The molecular weight excluding hydrogens is 222 g/mol. The molecule has 2 N–H and O–H groups in total. The van der Waals surface area contributed by atoms with E-state index >= 15 is 0 Å². The molecular formula is C16H19NO. The van der Waals surface area contributed by atoms with Crippen molar-refractivity contribution in [2.75, 3.05) is 5.73 Å². The molecule has 18 heavy (non-hydrogen) atoms. The van der Waals surface area contributed by atoms with Gasteiger partial charge in [0.1, 0.15) is 5.75 Å². The average Bonchev–Trinajstić information content (AvgIpc) is 2.31. The highest BCUT2D eigenvalue weighted by molar-refractivity contribution is 5.59. The molecule has 2 rings (SSSR count). The molecule has 0 aliphatic heterocycles. The topological polar surface area (TPSA) is 35.2 Å². The first-order valence-electron chi connectivity index (χ1n) is 6.10. The van der Waals surface area contributed by atoms with E-state index in [1.807, 2.05) is 31.2 Å². The zero-order valence-electron chi connectivity index (χ0n) is 11.4. The van der Waals surface area contributed by atoms with E-state index in [9.17, 15) is 0 Å². The summed E-state index contributed by atoms with van der Waals surface area (Å²) in [7, 11) is 0. The fraction of sp³-hybridized carbons (Fsp3) is 0.250. The monoisotopic (exact) mass is 241 g/mol. The summed E-state index contributed by atoms with van der Waals surface area (Å²) in [5, 5.41) is 0. The van der Waals surface area contributed by atoms with Gasteiger partial charge in [0, 0.05) is 0 Å². The van der Waals surface area contributed by atoms with Crippen molar-refractivity contribution < 1.29 is 4.74 Å². The van der Waals surface area contributed by atoms with Gasteiger partial charge in [-0.2, -0.15) is 0 Å². The van der Waals surface area contributed by atoms with E-state index in [1.165, 1.54) is 11.1 Å². The largest absolute Gasteiger partial charge is 0.455 e. The van der Waals surface area contributed by atoms with Gasteiger partial charge >= 0.3 is 0 Å². The van der Waals surface area contributed by atoms with Crippen LogP contribution in [0, 0.1) is 27.7 Å². The molecule has 0 unspecified atom stereocenters. The second-order valence-corrected chi connectivity index (χ2v) is 4.79. The summed E-state index contributed by atoms with van der Waals surface area (Å²) in [6.45, 7) is 8.21. The summed E-state index contributed by atoms with van der Waals surface area (Å²) in [5.74, 6) is 1.60. The van der Waals surface area contributed by atoms with Crippen molar-refractivity contribution in [3.8, 4) is 11.5 Å². The first-order valence-corrected chi connectivity index (χ1v) is 6.10. The third-order valence-corrected chi connectivity index (χ3v) is 3.27. The molecule has 0 aromatic heterocycles. The Morgan fingerprint density at radius 3 is 2.33 bits per heavy atom. The van der Waals surface area contributed by atoms with Crippen LogP contribution in [0.5, 0.6) is 11.5 Å². The molecule has 0 aliphatic rings. The lowest BCUT2D eigenvalue weighted by Crippen LogP contribution is -1.97. The van der Waals surface area contributed by atoms with E-state index in [1.54, 1.807) is 0 Å². The number of ether oxygens (including phenoxy) is 1. The van der Waals surface area contributed by atoms with Crippen LogP contribution in [-0.2, 0) is 0 Å². The molecule has 0 aliphatic carbocycles. The van der Waals surface area contributed by atoms with Crippen molar-refractivity contribution in [2.45, 2.75) is 27.7 Å². The standard InChI is InChI=1S/C16H19NO/c1-10-8-12(3)13(4)15(9-10)18-14-7-5-6-11(2)16(14)17/h5-9H,17H2,1-4H3. The van der Waals surface area contributed by atoms with Crippen LogP contribution < -0.4 is 10.5 Å². The second kappa shape index (κ2) is 4.73. The number of nitrogen functional groups attached to an aromatic ring is 1. The van der Waals surface area contributed by atoms with Gasteiger partial charge in [0.2, 0.25) is 0 Å². The molecule has 2 aromatic carbocycles. The highest BCUT2D eigenvalue weighted by Gasteiger charge is 2.08. The normalized spacial score (nSPS) is 10.4. The smallest absolute Gasteiger partial charge is 0.150 e. The van der Waals surface area contributed by atoms with Gasteiger partial charge in [0.05, 0.1) is 5.69 Å². The molecule has 0 fully saturated rings. The summed E-state index contributed by atoms with van der Waals surface area (Å²) >= 11 is 0. The molecule has 2 heteroatoms. The molecule has 0 radical (unpaired) electrons. The summed E-state index contributed by atoms with van der Waals surface area (Å²) in [6, 6.07) is 10.0. The summed E-state index contributed by atoms with van der Waals surface area (Å²) in [5.41, 5.74) is 11.4. The maximum Gasteiger partial charge on any atom is 0.150 e. The molecule has 2 nitrogen and oxygen atoms in total.